The van der Waals surface area contributed by atoms with Crippen molar-refractivity contribution in [2.45, 2.75) is 79.6 Å². The second kappa shape index (κ2) is 10.6. The second-order valence-electron chi connectivity index (χ2n) is 8.43. The molecule has 0 unspecified atom stereocenters. The van der Waals surface area contributed by atoms with E-state index < -0.39 is 0 Å². The third-order valence-electron chi connectivity index (χ3n) is 6.52. The zero-order valence-corrected chi connectivity index (χ0v) is 19.6. The van der Waals surface area contributed by atoms with Crippen LogP contribution in [0.1, 0.15) is 84.7 Å². The summed E-state index contributed by atoms with van der Waals surface area (Å²) in [5.74, 6) is 0. The molecular formula is C30H38. The highest BCUT2D eigenvalue weighted by atomic mass is 14.1. The van der Waals surface area contributed by atoms with Crippen LogP contribution in [-0.4, -0.2) is 0 Å². The SMILES string of the molecule is CCc1ccc(Cc2ccc(Cc3ccc(CC)c(CC)c3)c(CC)c2)cc1CC. The molecule has 0 aliphatic rings. The van der Waals surface area contributed by atoms with Crippen molar-refractivity contribution in [1.29, 1.82) is 0 Å². The van der Waals surface area contributed by atoms with Gasteiger partial charge in [0.2, 0.25) is 0 Å². The molecule has 158 valence electrons. The fourth-order valence-electron chi connectivity index (χ4n) is 4.67. The minimum atomic E-state index is 1.02. The van der Waals surface area contributed by atoms with E-state index in [1.165, 1.54) is 50.1 Å². The van der Waals surface area contributed by atoms with Crippen LogP contribution in [-0.2, 0) is 44.9 Å². The van der Waals surface area contributed by atoms with Crippen molar-refractivity contribution in [1.82, 2.24) is 0 Å². The maximum Gasteiger partial charge on any atom is -0.00229 e. The number of hydrogen-bond donors (Lipinski definition) is 0. The molecular weight excluding hydrogens is 360 g/mol. The Morgan fingerprint density at radius 2 is 0.700 bits per heavy atom. The molecule has 0 radical (unpaired) electrons. The first-order valence-electron chi connectivity index (χ1n) is 11.9. The molecule has 0 heteroatoms. The van der Waals surface area contributed by atoms with Crippen molar-refractivity contribution in [3.63, 3.8) is 0 Å². The quantitative estimate of drug-likeness (QED) is 0.347. The predicted octanol–water partition coefficient (Wildman–Crippen LogP) is 7.68. The van der Waals surface area contributed by atoms with Gasteiger partial charge in [0, 0.05) is 0 Å². The van der Waals surface area contributed by atoms with Crippen molar-refractivity contribution in [2.75, 3.05) is 0 Å². The van der Waals surface area contributed by atoms with Gasteiger partial charge < -0.3 is 0 Å². The lowest BCUT2D eigenvalue weighted by Crippen LogP contribution is -2.00. The molecule has 0 N–H and O–H groups in total. The minimum Gasteiger partial charge on any atom is -0.0613 e. The summed E-state index contributed by atoms with van der Waals surface area (Å²) in [7, 11) is 0. The van der Waals surface area contributed by atoms with E-state index in [0.29, 0.717) is 0 Å². The first-order valence-corrected chi connectivity index (χ1v) is 11.9. The summed E-state index contributed by atoms with van der Waals surface area (Å²) in [6.45, 7) is 11.3. The van der Waals surface area contributed by atoms with Crippen LogP contribution in [0.5, 0.6) is 0 Å². The number of aryl methyl sites for hydroxylation is 5. The maximum absolute atomic E-state index is 2.44. The summed E-state index contributed by atoms with van der Waals surface area (Å²) in [6, 6.07) is 21.3. The molecule has 0 amide bonds. The Hall–Kier alpha value is -2.34. The highest BCUT2D eigenvalue weighted by Gasteiger charge is 2.08. The summed E-state index contributed by atoms with van der Waals surface area (Å²) in [5.41, 5.74) is 13.3. The Morgan fingerprint density at radius 1 is 0.367 bits per heavy atom. The fraction of sp³-hybridized carbons (Fsp3) is 0.400. The number of benzene rings is 3. The summed E-state index contributed by atoms with van der Waals surface area (Å²) in [6.07, 6.45) is 7.63. The Kier molecular flexibility index (Phi) is 7.91. The molecule has 0 saturated carbocycles. The van der Waals surface area contributed by atoms with Crippen LogP contribution in [0.2, 0.25) is 0 Å². The van der Waals surface area contributed by atoms with E-state index in [1.54, 1.807) is 0 Å². The fourth-order valence-corrected chi connectivity index (χ4v) is 4.67. The van der Waals surface area contributed by atoms with E-state index in [0.717, 1.165) is 44.9 Å². The van der Waals surface area contributed by atoms with Gasteiger partial charge in [0.25, 0.3) is 0 Å². The number of rotatable bonds is 9. The highest BCUT2D eigenvalue weighted by Crippen LogP contribution is 2.22. The first kappa shape index (κ1) is 22.3. The van der Waals surface area contributed by atoms with Crippen LogP contribution in [0.15, 0.2) is 54.6 Å². The zero-order valence-electron chi connectivity index (χ0n) is 19.6. The van der Waals surface area contributed by atoms with Crippen molar-refractivity contribution in [2.24, 2.45) is 0 Å². The standard InChI is InChI=1S/C30H38/c1-6-25-14-11-22(18-27(25)8-3)17-23-13-16-30(29(10-5)19-23)21-24-12-15-26(7-2)28(9-4)20-24/h11-16,18-20H,6-10,17,21H2,1-5H3. The Labute approximate surface area is 184 Å². The van der Waals surface area contributed by atoms with Gasteiger partial charge in [-0.25, -0.2) is 0 Å². The van der Waals surface area contributed by atoms with Crippen LogP contribution in [0.3, 0.4) is 0 Å². The van der Waals surface area contributed by atoms with Crippen LogP contribution < -0.4 is 0 Å². The lowest BCUT2D eigenvalue weighted by atomic mass is 9.91. The molecule has 0 heterocycles. The summed E-state index contributed by atoms with van der Waals surface area (Å²) < 4.78 is 0. The Morgan fingerprint density at radius 3 is 1.10 bits per heavy atom. The average Bonchev–Trinajstić information content (AvgIpc) is 2.79. The van der Waals surface area contributed by atoms with Gasteiger partial charge in [-0.05, 0) is 95.0 Å². The molecule has 0 aliphatic heterocycles. The van der Waals surface area contributed by atoms with Crippen molar-refractivity contribution in [3.05, 3.63) is 105 Å². The van der Waals surface area contributed by atoms with Gasteiger partial charge in [-0.3, -0.25) is 0 Å². The van der Waals surface area contributed by atoms with E-state index in [2.05, 4.69) is 89.2 Å². The first-order chi connectivity index (χ1) is 14.6. The van der Waals surface area contributed by atoms with Gasteiger partial charge in [0.05, 0.1) is 0 Å². The van der Waals surface area contributed by atoms with E-state index in [1.807, 2.05) is 0 Å². The molecule has 3 aromatic rings. The maximum atomic E-state index is 2.44. The average molecular weight is 399 g/mol. The van der Waals surface area contributed by atoms with Crippen LogP contribution in [0.25, 0.3) is 0 Å². The zero-order chi connectivity index (χ0) is 21.5. The van der Waals surface area contributed by atoms with Crippen molar-refractivity contribution >= 4 is 0 Å². The minimum absolute atomic E-state index is 1.02. The van der Waals surface area contributed by atoms with Gasteiger partial charge in [-0.2, -0.15) is 0 Å². The molecule has 0 aromatic heterocycles. The molecule has 3 rings (SSSR count). The van der Waals surface area contributed by atoms with Gasteiger partial charge in [0.1, 0.15) is 0 Å². The largest absolute Gasteiger partial charge is 0.0613 e. The lowest BCUT2D eigenvalue weighted by molar-refractivity contribution is 1.00. The summed E-state index contributed by atoms with van der Waals surface area (Å²) in [4.78, 5) is 0. The summed E-state index contributed by atoms with van der Waals surface area (Å²) >= 11 is 0. The molecule has 0 atom stereocenters. The molecule has 0 saturated heterocycles. The second-order valence-corrected chi connectivity index (χ2v) is 8.43. The normalized spacial score (nSPS) is 11.1. The van der Waals surface area contributed by atoms with Crippen LogP contribution in [0.4, 0.5) is 0 Å². The van der Waals surface area contributed by atoms with E-state index in [-0.39, 0.29) is 0 Å². The monoisotopic (exact) mass is 398 g/mol. The third kappa shape index (κ3) is 5.22. The highest BCUT2D eigenvalue weighted by molar-refractivity contribution is 5.41. The van der Waals surface area contributed by atoms with Gasteiger partial charge in [-0.15, -0.1) is 0 Å². The van der Waals surface area contributed by atoms with Crippen LogP contribution >= 0.6 is 0 Å². The van der Waals surface area contributed by atoms with E-state index in [9.17, 15) is 0 Å². The molecule has 0 spiro atoms. The van der Waals surface area contributed by atoms with Crippen LogP contribution in [0, 0.1) is 0 Å². The summed E-state index contributed by atoms with van der Waals surface area (Å²) in [5, 5.41) is 0. The Balaban J connectivity index is 1.81. The molecule has 30 heavy (non-hydrogen) atoms. The van der Waals surface area contributed by atoms with Gasteiger partial charge >= 0.3 is 0 Å². The Bertz CT molecular complexity index is 977. The van der Waals surface area contributed by atoms with E-state index >= 15 is 0 Å². The molecule has 0 nitrogen and oxygen atoms in total. The van der Waals surface area contributed by atoms with Crippen molar-refractivity contribution in [3.8, 4) is 0 Å². The van der Waals surface area contributed by atoms with Gasteiger partial charge in [0.15, 0.2) is 0 Å². The van der Waals surface area contributed by atoms with Gasteiger partial charge in [-0.1, -0.05) is 89.2 Å². The number of hydrogen-bond acceptors (Lipinski definition) is 0. The molecule has 3 aromatic carbocycles. The third-order valence-corrected chi connectivity index (χ3v) is 6.52. The lowest BCUT2D eigenvalue weighted by Gasteiger charge is -2.14. The van der Waals surface area contributed by atoms with E-state index in [4.69, 9.17) is 0 Å². The molecule has 0 bridgehead atoms. The molecule has 0 fully saturated rings. The topological polar surface area (TPSA) is 0 Å². The van der Waals surface area contributed by atoms with Crippen molar-refractivity contribution < 1.29 is 0 Å². The molecule has 0 aliphatic carbocycles. The predicted molar refractivity (Wildman–Crippen MR) is 132 cm³/mol. The smallest absolute Gasteiger partial charge is 0.00229 e.